The van der Waals surface area contributed by atoms with Crippen molar-refractivity contribution < 1.29 is 4.39 Å². The van der Waals surface area contributed by atoms with Crippen LogP contribution in [0.15, 0.2) is 41.1 Å². The Kier molecular flexibility index (Phi) is 4.63. The summed E-state index contributed by atoms with van der Waals surface area (Å²) in [6.45, 7) is 1.96. The molecule has 3 nitrogen and oxygen atoms in total. The monoisotopic (exact) mass is 323 g/mol. The number of aromatic nitrogens is 1. The van der Waals surface area contributed by atoms with Crippen LogP contribution >= 0.6 is 15.9 Å². The maximum Gasteiger partial charge on any atom is 0.126 e. The van der Waals surface area contributed by atoms with Gasteiger partial charge >= 0.3 is 0 Å². The maximum atomic E-state index is 13.8. The molecule has 3 N–H and O–H groups in total. The van der Waals surface area contributed by atoms with E-state index in [1.54, 1.807) is 24.5 Å². The molecule has 0 aliphatic heterocycles. The van der Waals surface area contributed by atoms with Crippen molar-refractivity contribution in [2.24, 2.45) is 5.84 Å². The Hall–Kier alpha value is -1.30. The fourth-order valence-electron chi connectivity index (χ4n) is 2.05. The van der Waals surface area contributed by atoms with Crippen molar-refractivity contribution in [1.29, 1.82) is 0 Å². The molecule has 1 unspecified atom stereocenters. The van der Waals surface area contributed by atoms with Gasteiger partial charge in [-0.1, -0.05) is 15.9 Å². The number of hydrazine groups is 1. The van der Waals surface area contributed by atoms with Crippen molar-refractivity contribution in [2.45, 2.75) is 19.4 Å². The van der Waals surface area contributed by atoms with Crippen molar-refractivity contribution in [2.75, 3.05) is 0 Å². The Labute approximate surface area is 120 Å². The van der Waals surface area contributed by atoms with Gasteiger partial charge in [-0.3, -0.25) is 16.3 Å². The Bertz CT molecular complexity index is 574. The first-order valence-corrected chi connectivity index (χ1v) is 6.71. The smallest absolute Gasteiger partial charge is 0.126 e. The van der Waals surface area contributed by atoms with E-state index in [2.05, 4.69) is 26.3 Å². The lowest BCUT2D eigenvalue weighted by Gasteiger charge is -2.18. The van der Waals surface area contributed by atoms with E-state index in [1.807, 2.05) is 13.0 Å². The molecule has 0 amide bonds. The molecular formula is C14H15BrFN3. The summed E-state index contributed by atoms with van der Waals surface area (Å²) in [5.74, 6) is 5.38. The van der Waals surface area contributed by atoms with Crippen LogP contribution in [0.5, 0.6) is 0 Å². The van der Waals surface area contributed by atoms with Crippen molar-refractivity contribution in [3.8, 4) is 0 Å². The highest BCUT2D eigenvalue weighted by Crippen LogP contribution is 2.23. The summed E-state index contributed by atoms with van der Waals surface area (Å²) >= 11 is 3.35. The quantitative estimate of drug-likeness (QED) is 0.671. The summed E-state index contributed by atoms with van der Waals surface area (Å²) in [5, 5.41) is 0. The molecule has 0 fully saturated rings. The number of halogens is 2. The van der Waals surface area contributed by atoms with Gasteiger partial charge in [0.25, 0.3) is 0 Å². The molecule has 0 saturated carbocycles. The van der Waals surface area contributed by atoms with E-state index in [0.29, 0.717) is 12.0 Å². The van der Waals surface area contributed by atoms with Crippen molar-refractivity contribution in [3.05, 3.63) is 63.6 Å². The summed E-state index contributed by atoms with van der Waals surface area (Å²) < 4.78 is 14.6. The van der Waals surface area contributed by atoms with Crippen molar-refractivity contribution >= 4 is 15.9 Å². The molecule has 5 heteroatoms. The van der Waals surface area contributed by atoms with Gasteiger partial charge in [-0.25, -0.2) is 4.39 Å². The number of nitrogens with two attached hydrogens (primary N) is 1. The molecule has 2 rings (SSSR count). The van der Waals surface area contributed by atoms with Gasteiger partial charge in [0.2, 0.25) is 0 Å². The topological polar surface area (TPSA) is 50.9 Å². The zero-order valence-electron chi connectivity index (χ0n) is 10.5. The fraction of sp³-hybridized carbons (Fsp3) is 0.214. The minimum absolute atomic E-state index is 0.146. The van der Waals surface area contributed by atoms with Crippen LogP contribution in [0.2, 0.25) is 0 Å². The number of benzene rings is 1. The fourth-order valence-corrected chi connectivity index (χ4v) is 2.46. The zero-order valence-corrected chi connectivity index (χ0v) is 12.1. The number of nitrogens with zero attached hydrogens (tertiary/aromatic N) is 1. The van der Waals surface area contributed by atoms with E-state index >= 15 is 0 Å². The van der Waals surface area contributed by atoms with Gasteiger partial charge in [-0.15, -0.1) is 0 Å². The van der Waals surface area contributed by atoms with E-state index in [9.17, 15) is 4.39 Å². The summed E-state index contributed by atoms with van der Waals surface area (Å²) in [4.78, 5) is 4.05. The third-order valence-corrected chi connectivity index (χ3v) is 3.57. The lowest BCUT2D eigenvalue weighted by atomic mass is 9.97. The molecule has 100 valence electrons. The highest BCUT2D eigenvalue weighted by Gasteiger charge is 2.15. The number of hydrogen-bond acceptors (Lipinski definition) is 3. The normalized spacial score (nSPS) is 12.4. The molecule has 1 heterocycles. The average Bonchev–Trinajstić information content (AvgIpc) is 2.41. The van der Waals surface area contributed by atoms with Gasteiger partial charge in [0, 0.05) is 16.9 Å². The molecule has 2 aromatic rings. The summed E-state index contributed by atoms with van der Waals surface area (Å²) in [5.41, 5.74) is 5.42. The molecule has 19 heavy (non-hydrogen) atoms. The van der Waals surface area contributed by atoms with Crippen LogP contribution < -0.4 is 11.3 Å². The predicted octanol–water partition coefficient (Wildman–Crippen LogP) is 3.04. The summed E-state index contributed by atoms with van der Waals surface area (Å²) in [6, 6.07) is 6.66. The molecule has 1 aromatic heterocycles. The molecule has 0 saturated heterocycles. The molecule has 0 spiro atoms. The van der Waals surface area contributed by atoms with E-state index in [0.717, 1.165) is 15.6 Å². The van der Waals surface area contributed by atoms with Crippen LogP contribution in [0.3, 0.4) is 0 Å². The van der Waals surface area contributed by atoms with Gasteiger partial charge in [-0.05, 0) is 54.3 Å². The Balaban J connectivity index is 2.29. The van der Waals surface area contributed by atoms with Crippen LogP contribution in [0.1, 0.15) is 22.7 Å². The predicted molar refractivity (Wildman–Crippen MR) is 76.8 cm³/mol. The van der Waals surface area contributed by atoms with E-state index in [4.69, 9.17) is 5.84 Å². The Morgan fingerprint density at radius 2 is 2.21 bits per heavy atom. The van der Waals surface area contributed by atoms with Crippen LogP contribution in [0.25, 0.3) is 0 Å². The van der Waals surface area contributed by atoms with Gasteiger partial charge in [0.15, 0.2) is 0 Å². The first-order valence-electron chi connectivity index (χ1n) is 5.92. The molecule has 0 radical (unpaired) electrons. The minimum Gasteiger partial charge on any atom is -0.271 e. The lowest BCUT2D eigenvalue weighted by Crippen LogP contribution is -2.30. The SMILES string of the molecule is Cc1cnccc1C(Cc1cc(Br)ccc1F)NN. The summed E-state index contributed by atoms with van der Waals surface area (Å²) in [7, 11) is 0. The van der Waals surface area contributed by atoms with E-state index in [-0.39, 0.29) is 11.9 Å². The molecule has 1 atom stereocenters. The van der Waals surface area contributed by atoms with Crippen LogP contribution in [0, 0.1) is 12.7 Å². The standard InChI is InChI=1S/C14H15BrFN3/c1-9-8-18-5-4-12(9)14(19-17)7-10-6-11(15)2-3-13(10)16/h2-6,8,14,19H,7,17H2,1H3. The number of rotatable bonds is 4. The van der Waals surface area contributed by atoms with Gasteiger partial charge in [-0.2, -0.15) is 0 Å². The third kappa shape index (κ3) is 3.37. The average molecular weight is 324 g/mol. The highest BCUT2D eigenvalue weighted by molar-refractivity contribution is 9.10. The molecule has 1 aromatic carbocycles. The molecular weight excluding hydrogens is 309 g/mol. The Morgan fingerprint density at radius 3 is 2.89 bits per heavy atom. The lowest BCUT2D eigenvalue weighted by molar-refractivity contribution is 0.526. The van der Waals surface area contributed by atoms with Gasteiger partial charge < -0.3 is 0 Å². The van der Waals surface area contributed by atoms with E-state index in [1.165, 1.54) is 6.07 Å². The third-order valence-electron chi connectivity index (χ3n) is 3.07. The first-order chi connectivity index (χ1) is 9.11. The second-order valence-electron chi connectivity index (χ2n) is 4.39. The van der Waals surface area contributed by atoms with Crippen molar-refractivity contribution in [1.82, 2.24) is 10.4 Å². The van der Waals surface area contributed by atoms with E-state index < -0.39 is 0 Å². The number of aryl methyl sites for hydroxylation is 1. The first kappa shape index (κ1) is 14.1. The van der Waals surface area contributed by atoms with Gasteiger partial charge in [0.05, 0.1) is 6.04 Å². The second-order valence-corrected chi connectivity index (χ2v) is 5.31. The molecule has 0 aliphatic carbocycles. The largest absolute Gasteiger partial charge is 0.271 e. The van der Waals surface area contributed by atoms with Gasteiger partial charge in [0.1, 0.15) is 5.82 Å². The van der Waals surface area contributed by atoms with Crippen LogP contribution in [-0.2, 0) is 6.42 Å². The van der Waals surface area contributed by atoms with Crippen LogP contribution in [-0.4, -0.2) is 4.98 Å². The number of hydrogen-bond donors (Lipinski definition) is 2. The number of nitrogens with one attached hydrogen (secondary N) is 1. The second kappa shape index (κ2) is 6.23. The minimum atomic E-state index is -0.227. The number of pyridine rings is 1. The maximum absolute atomic E-state index is 13.8. The highest BCUT2D eigenvalue weighted by atomic mass is 79.9. The van der Waals surface area contributed by atoms with Crippen LogP contribution in [0.4, 0.5) is 4.39 Å². The molecule has 0 bridgehead atoms. The molecule has 0 aliphatic rings. The summed E-state index contributed by atoms with van der Waals surface area (Å²) in [6.07, 6.45) is 3.97. The van der Waals surface area contributed by atoms with Crippen molar-refractivity contribution in [3.63, 3.8) is 0 Å². The zero-order chi connectivity index (χ0) is 13.8. The Morgan fingerprint density at radius 1 is 1.42 bits per heavy atom.